The van der Waals surface area contributed by atoms with Crippen LogP contribution >= 0.6 is 0 Å². The minimum Gasteiger partial charge on any atom is -0.497 e. The molecule has 2 aromatic carbocycles. The maximum absolute atomic E-state index is 6.13. The van der Waals surface area contributed by atoms with Crippen LogP contribution in [0.1, 0.15) is 13.8 Å². The van der Waals surface area contributed by atoms with Gasteiger partial charge in [-0.25, -0.2) is 4.58 Å². The molecule has 3 aromatic rings. The van der Waals surface area contributed by atoms with Crippen molar-refractivity contribution in [3.8, 4) is 17.1 Å². The third-order valence-corrected chi connectivity index (χ3v) is 4.13. The average Bonchev–Trinajstić information content (AvgIpc) is 2.62. The summed E-state index contributed by atoms with van der Waals surface area (Å²) in [5.74, 6) is 1.71. The molecule has 0 radical (unpaired) electrons. The second kappa shape index (κ2) is 6.69. The number of ether oxygens (including phenoxy) is 1. The Morgan fingerprint density at radius 3 is 2.30 bits per heavy atom. The van der Waals surface area contributed by atoms with E-state index in [1.807, 2.05) is 36.4 Å². The molecular weight excluding hydrogens is 286 g/mol. The number of nitrogens with zero attached hydrogens (tertiary/aromatic N) is 1. The fourth-order valence-electron chi connectivity index (χ4n) is 2.84. The second-order valence-corrected chi connectivity index (χ2v) is 5.39. The maximum atomic E-state index is 6.13. The topological polar surface area (TPSA) is 25.4 Å². The van der Waals surface area contributed by atoms with Gasteiger partial charge in [-0.05, 0) is 50.2 Å². The maximum Gasteiger partial charge on any atom is 0.214 e. The molecule has 23 heavy (non-hydrogen) atoms. The Labute approximate surface area is 136 Å². The average molecular weight is 308 g/mol. The summed E-state index contributed by atoms with van der Waals surface area (Å²) in [6.07, 6.45) is 0. The molecule has 0 fully saturated rings. The third-order valence-electron chi connectivity index (χ3n) is 4.13. The van der Waals surface area contributed by atoms with Crippen LogP contribution in [-0.2, 0) is 0 Å². The zero-order valence-corrected chi connectivity index (χ0v) is 13.9. The lowest BCUT2D eigenvalue weighted by Crippen LogP contribution is -2.30. The third kappa shape index (κ3) is 3.00. The summed E-state index contributed by atoms with van der Waals surface area (Å²) in [5, 5.41) is 2.36. The molecule has 1 aromatic heterocycles. The first-order chi connectivity index (χ1) is 11.3. The molecule has 0 saturated heterocycles. The lowest BCUT2D eigenvalue weighted by molar-refractivity contribution is 0.415. The van der Waals surface area contributed by atoms with E-state index < -0.39 is 0 Å². The highest BCUT2D eigenvalue weighted by molar-refractivity contribution is 5.78. The predicted octanol–water partition coefficient (Wildman–Crippen LogP) is 3.92. The van der Waals surface area contributed by atoms with Crippen LogP contribution in [0.15, 0.2) is 59.0 Å². The van der Waals surface area contributed by atoms with Crippen molar-refractivity contribution in [1.29, 1.82) is 0 Å². The van der Waals surface area contributed by atoms with Crippen LogP contribution in [0.5, 0.6) is 5.75 Å². The van der Waals surface area contributed by atoms with E-state index >= 15 is 0 Å². The SMILES string of the molecule is CC[N+](CC)=c1cc(-c2ccc(OC)cc2)oc2ccccc12. The van der Waals surface area contributed by atoms with Gasteiger partial charge in [-0.1, -0.05) is 12.1 Å². The molecule has 0 aliphatic rings. The number of para-hydroxylation sites is 1. The summed E-state index contributed by atoms with van der Waals surface area (Å²) < 4.78 is 13.7. The molecule has 1 heterocycles. The van der Waals surface area contributed by atoms with Crippen molar-refractivity contribution in [3.63, 3.8) is 0 Å². The highest BCUT2D eigenvalue weighted by atomic mass is 16.5. The summed E-state index contributed by atoms with van der Waals surface area (Å²) >= 11 is 0. The number of benzene rings is 2. The van der Waals surface area contributed by atoms with Gasteiger partial charge in [0, 0.05) is 5.56 Å². The van der Waals surface area contributed by atoms with Crippen molar-refractivity contribution in [2.75, 3.05) is 20.2 Å². The van der Waals surface area contributed by atoms with Gasteiger partial charge in [-0.3, -0.25) is 0 Å². The van der Waals surface area contributed by atoms with Crippen molar-refractivity contribution < 1.29 is 9.15 Å². The van der Waals surface area contributed by atoms with Crippen LogP contribution in [0.4, 0.5) is 0 Å². The smallest absolute Gasteiger partial charge is 0.214 e. The molecule has 0 aliphatic carbocycles. The Balaban J connectivity index is 2.28. The molecule has 3 heteroatoms. The molecule has 0 N–H and O–H groups in total. The Morgan fingerprint density at radius 2 is 1.65 bits per heavy atom. The van der Waals surface area contributed by atoms with Gasteiger partial charge in [-0.15, -0.1) is 0 Å². The van der Waals surface area contributed by atoms with Crippen LogP contribution in [0.2, 0.25) is 0 Å². The Hall–Kier alpha value is -2.55. The normalized spacial score (nSPS) is 10.7. The number of rotatable bonds is 4. The van der Waals surface area contributed by atoms with Gasteiger partial charge in [0.2, 0.25) is 5.36 Å². The molecule has 0 spiro atoms. The van der Waals surface area contributed by atoms with Crippen LogP contribution in [-0.4, -0.2) is 20.2 Å². The van der Waals surface area contributed by atoms with Crippen LogP contribution in [0, 0.1) is 0 Å². The van der Waals surface area contributed by atoms with E-state index in [2.05, 4.69) is 36.6 Å². The predicted molar refractivity (Wildman–Crippen MR) is 94.6 cm³/mol. The summed E-state index contributed by atoms with van der Waals surface area (Å²) in [5.41, 5.74) is 1.95. The van der Waals surface area contributed by atoms with E-state index in [1.54, 1.807) is 7.11 Å². The Kier molecular flexibility index (Phi) is 4.47. The number of hydrogen-bond acceptors (Lipinski definition) is 2. The molecule has 0 saturated carbocycles. The summed E-state index contributed by atoms with van der Waals surface area (Å²) in [7, 11) is 1.67. The molecule has 3 nitrogen and oxygen atoms in total. The van der Waals surface area contributed by atoms with Crippen LogP contribution in [0.25, 0.3) is 22.3 Å². The first-order valence-electron chi connectivity index (χ1n) is 8.02. The molecular formula is C20H22NO2+. The standard InChI is InChI=1S/C20H22NO2/c1-4-21(5-2)18-14-20(15-10-12-16(22-3)13-11-15)23-19-9-7-6-8-17(18)19/h6-14H,4-5H2,1-3H3/q+1. The highest BCUT2D eigenvalue weighted by Gasteiger charge is 2.11. The fraction of sp³-hybridized carbons (Fsp3) is 0.250. The van der Waals surface area contributed by atoms with Crippen molar-refractivity contribution >= 4 is 11.0 Å². The van der Waals surface area contributed by atoms with E-state index in [1.165, 1.54) is 5.36 Å². The molecule has 3 rings (SSSR count). The number of methoxy groups -OCH3 is 1. The van der Waals surface area contributed by atoms with Crippen LogP contribution < -0.4 is 14.7 Å². The zero-order chi connectivity index (χ0) is 16.2. The minimum absolute atomic E-state index is 0.846. The number of fused-ring (bicyclic) bond motifs is 1. The largest absolute Gasteiger partial charge is 0.497 e. The lowest BCUT2D eigenvalue weighted by Gasteiger charge is -2.06. The first-order valence-corrected chi connectivity index (χ1v) is 8.02. The van der Waals surface area contributed by atoms with Gasteiger partial charge in [0.15, 0.2) is 0 Å². The molecule has 118 valence electrons. The van der Waals surface area contributed by atoms with Gasteiger partial charge < -0.3 is 9.15 Å². The van der Waals surface area contributed by atoms with Crippen molar-refractivity contribution in [2.24, 2.45) is 0 Å². The Morgan fingerprint density at radius 1 is 0.957 bits per heavy atom. The fourth-order valence-corrected chi connectivity index (χ4v) is 2.84. The molecule has 0 atom stereocenters. The van der Waals surface area contributed by atoms with Crippen molar-refractivity contribution in [3.05, 3.63) is 60.0 Å². The van der Waals surface area contributed by atoms with E-state index in [4.69, 9.17) is 9.15 Å². The van der Waals surface area contributed by atoms with Crippen molar-refractivity contribution in [2.45, 2.75) is 13.8 Å². The van der Waals surface area contributed by atoms with Gasteiger partial charge >= 0.3 is 0 Å². The summed E-state index contributed by atoms with van der Waals surface area (Å²) in [6.45, 7) is 6.28. The van der Waals surface area contributed by atoms with E-state index in [9.17, 15) is 0 Å². The zero-order valence-electron chi connectivity index (χ0n) is 13.9. The first kappa shape index (κ1) is 15.3. The van der Waals surface area contributed by atoms with Gasteiger partial charge in [0.05, 0.1) is 18.6 Å². The Bertz CT molecular complexity index is 870. The van der Waals surface area contributed by atoms with Gasteiger partial charge in [-0.2, -0.15) is 0 Å². The summed E-state index contributed by atoms with van der Waals surface area (Å²) in [6, 6.07) is 18.3. The van der Waals surface area contributed by atoms with Gasteiger partial charge in [0.1, 0.15) is 30.2 Å². The molecule has 0 unspecified atom stereocenters. The highest BCUT2D eigenvalue weighted by Crippen LogP contribution is 2.24. The second-order valence-electron chi connectivity index (χ2n) is 5.39. The van der Waals surface area contributed by atoms with Crippen molar-refractivity contribution in [1.82, 2.24) is 4.58 Å². The number of hydrogen-bond donors (Lipinski definition) is 0. The quantitative estimate of drug-likeness (QED) is 0.683. The molecule has 0 bridgehead atoms. The summed E-state index contributed by atoms with van der Waals surface area (Å²) in [4.78, 5) is 0. The lowest BCUT2D eigenvalue weighted by atomic mass is 10.1. The van der Waals surface area contributed by atoms with E-state index in [0.29, 0.717) is 0 Å². The van der Waals surface area contributed by atoms with Crippen LogP contribution in [0.3, 0.4) is 0 Å². The monoisotopic (exact) mass is 308 g/mol. The molecule has 0 amide bonds. The van der Waals surface area contributed by atoms with Gasteiger partial charge in [0.25, 0.3) is 0 Å². The van der Waals surface area contributed by atoms with E-state index in [0.717, 1.165) is 41.1 Å². The molecule has 0 aliphatic heterocycles. The minimum atomic E-state index is 0.846. The van der Waals surface area contributed by atoms with E-state index in [-0.39, 0.29) is 0 Å².